The Morgan fingerprint density at radius 2 is 1.88 bits per heavy atom. The highest BCUT2D eigenvalue weighted by molar-refractivity contribution is 5.88. The molecule has 2 aliphatic rings. The van der Waals surface area contributed by atoms with E-state index in [0.29, 0.717) is 24.8 Å². The van der Waals surface area contributed by atoms with E-state index >= 15 is 0 Å². The van der Waals surface area contributed by atoms with Gasteiger partial charge in [-0.05, 0) is 58.9 Å². The van der Waals surface area contributed by atoms with E-state index in [-0.39, 0.29) is 5.92 Å². The molecular formula is C25H32O7. The minimum Gasteiger partial charge on any atom is -0.481 e. The number of ether oxygens (including phenoxy) is 2. The Morgan fingerprint density at radius 3 is 2.47 bits per heavy atom. The monoisotopic (exact) mass is 444 g/mol. The summed E-state index contributed by atoms with van der Waals surface area (Å²) >= 11 is 0. The maximum atomic E-state index is 12.7. The summed E-state index contributed by atoms with van der Waals surface area (Å²) in [5.74, 6) is -2.55. The Kier molecular flexibility index (Phi) is 6.67. The van der Waals surface area contributed by atoms with Crippen LogP contribution in [0.4, 0.5) is 0 Å². The molecule has 0 aromatic carbocycles. The average Bonchev–Trinajstić information content (AvgIpc) is 3.06. The van der Waals surface area contributed by atoms with Gasteiger partial charge in [-0.3, -0.25) is 4.79 Å². The van der Waals surface area contributed by atoms with Crippen LogP contribution in [-0.2, 0) is 30.3 Å². The molecule has 0 saturated heterocycles. The van der Waals surface area contributed by atoms with Gasteiger partial charge in [0, 0.05) is 29.0 Å². The molecule has 174 valence electrons. The molecule has 0 unspecified atom stereocenters. The van der Waals surface area contributed by atoms with Crippen molar-refractivity contribution in [2.24, 2.45) is 17.3 Å². The third kappa shape index (κ3) is 4.12. The minimum absolute atomic E-state index is 0.107. The molecule has 2 aliphatic carbocycles. The third-order valence-corrected chi connectivity index (χ3v) is 7.00. The molecule has 1 heterocycles. The lowest BCUT2D eigenvalue weighted by Gasteiger charge is -2.53. The molecule has 1 N–H and O–H groups in total. The molecule has 0 radical (unpaired) electrons. The summed E-state index contributed by atoms with van der Waals surface area (Å²) in [7, 11) is 0. The van der Waals surface area contributed by atoms with Crippen LogP contribution in [0.5, 0.6) is 0 Å². The van der Waals surface area contributed by atoms with E-state index in [1.165, 1.54) is 6.08 Å². The van der Waals surface area contributed by atoms with Gasteiger partial charge in [-0.1, -0.05) is 18.6 Å². The van der Waals surface area contributed by atoms with Gasteiger partial charge in [-0.2, -0.15) is 0 Å². The molecule has 1 aromatic rings. The molecule has 0 bridgehead atoms. The van der Waals surface area contributed by atoms with Gasteiger partial charge in [0.25, 0.3) is 0 Å². The molecule has 0 spiro atoms. The molecule has 1 fully saturated rings. The molecule has 1 aromatic heterocycles. The predicted octanol–water partition coefficient (Wildman–Crippen LogP) is 4.69. The molecule has 32 heavy (non-hydrogen) atoms. The van der Waals surface area contributed by atoms with E-state index in [0.717, 1.165) is 22.5 Å². The van der Waals surface area contributed by atoms with E-state index in [1.807, 2.05) is 13.8 Å². The smallest absolute Gasteiger partial charge is 0.333 e. The van der Waals surface area contributed by atoms with Crippen LogP contribution in [0.3, 0.4) is 0 Å². The quantitative estimate of drug-likeness (QED) is 0.519. The number of allylic oxidation sites excluding steroid dienone is 2. The number of carbonyl (C=O) groups excluding carboxylic acids is 2. The minimum atomic E-state index is -1.07. The summed E-state index contributed by atoms with van der Waals surface area (Å²) in [5, 5.41) is 10.3. The van der Waals surface area contributed by atoms with Crippen LogP contribution in [0.1, 0.15) is 70.5 Å². The van der Waals surface area contributed by atoms with Crippen molar-refractivity contribution in [2.45, 2.75) is 73.0 Å². The Bertz CT molecular complexity index is 978. The average molecular weight is 445 g/mol. The molecule has 1 saturated carbocycles. The number of furan rings is 1. The summed E-state index contributed by atoms with van der Waals surface area (Å²) in [4.78, 5) is 37.8. The van der Waals surface area contributed by atoms with Crippen molar-refractivity contribution in [3.05, 3.63) is 46.4 Å². The van der Waals surface area contributed by atoms with Crippen LogP contribution >= 0.6 is 0 Å². The molecule has 7 heteroatoms. The Balaban J connectivity index is 2.09. The van der Waals surface area contributed by atoms with Crippen LogP contribution in [0.2, 0.25) is 0 Å². The van der Waals surface area contributed by atoms with Gasteiger partial charge < -0.3 is 19.0 Å². The van der Waals surface area contributed by atoms with E-state index in [4.69, 9.17) is 13.9 Å². The van der Waals surface area contributed by atoms with Crippen molar-refractivity contribution < 1.29 is 33.4 Å². The zero-order chi connectivity index (χ0) is 23.8. The van der Waals surface area contributed by atoms with Gasteiger partial charge in [-0.15, -0.1) is 0 Å². The number of aryl methyl sites for hydroxylation is 1. The summed E-state index contributed by atoms with van der Waals surface area (Å²) < 4.78 is 17.4. The maximum absolute atomic E-state index is 12.7. The predicted molar refractivity (Wildman–Crippen MR) is 117 cm³/mol. The summed E-state index contributed by atoms with van der Waals surface area (Å²) in [6.07, 6.45) is 4.60. The summed E-state index contributed by atoms with van der Waals surface area (Å²) in [5.41, 5.74) is 1.75. The van der Waals surface area contributed by atoms with Crippen LogP contribution in [0.25, 0.3) is 0 Å². The van der Waals surface area contributed by atoms with Crippen LogP contribution in [-0.4, -0.2) is 29.1 Å². The van der Waals surface area contributed by atoms with Crippen LogP contribution in [0.15, 0.2) is 34.0 Å². The number of aliphatic carboxylic acids is 1. The second-order valence-electron chi connectivity index (χ2n) is 9.37. The Hall–Kier alpha value is -2.83. The first-order chi connectivity index (χ1) is 15.0. The fourth-order valence-electron chi connectivity index (χ4n) is 5.22. The largest absolute Gasteiger partial charge is 0.481 e. The number of fused-ring (bicyclic) bond motifs is 2. The Morgan fingerprint density at radius 1 is 1.19 bits per heavy atom. The van der Waals surface area contributed by atoms with E-state index in [9.17, 15) is 19.5 Å². The van der Waals surface area contributed by atoms with Crippen molar-refractivity contribution in [2.75, 3.05) is 0 Å². The van der Waals surface area contributed by atoms with Crippen molar-refractivity contribution in [1.29, 1.82) is 0 Å². The molecule has 0 aliphatic heterocycles. The second kappa shape index (κ2) is 8.96. The number of hydrogen-bond donors (Lipinski definition) is 1. The maximum Gasteiger partial charge on any atom is 0.333 e. The second-order valence-corrected chi connectivity index (χ2v) is 9.37. The highest BCUT2D eigenvalue weighted by Gasteiger charge is 2.61. The van der Waals surface area contributed by atoms with Crippen LogP contribution in [0, 0.1) is 24.2 Å². The van der Waals surface area contributed by atoms with E-state index in [2.05, 4.69) is 0 Å². The van der Waals surface area contributed by atoms with Gasteiger partial charge in [0.05, 0.1) is 6.26 Å². The molecule has 3 rings (SSSR count). The third-order valence-electron chi connectivity index (χ3n) is 7.00. The Labute approximate surface area is 188 Å². The van der Waals surface area contributed by atoms with Crippen molar-refractivity contribution in [3.63, 3.8) is 0 Å². The fraction of sp³-hybridized carbons (Fsp3) is 0.560. The van der Waals surface area contributed by atoms with E-state index in [1.54, 1.807) is 40.0 Å². The standard InChI is InChI=1S/C25H32O7/c1-7-14(4)24(29)31-17-9-8-16-11-18-20(15(5)12-30-18)22(32-19(26)10-13(2)3)25(16,6)21(17)23(27)28/h7,10,12,16-17,21-22H,8-9,11H2,1-6H3,(H,27,28)/b14-7-/t16-,17+,21-,22-,25+/m1/s1. The number of carbonyl (C=O) groups is 3. The number of carboxylic acid groups (broad SMARTS) is 1. The first kappa shape index (κ1) is 23.8. The first-order valence-corrected chi connectivity index (χ1v) is 11.0. The van der Waals surface area contributed by atoms with Crippen molar-refractivity contribution in [3.8, 4) is 0 Å². The lowest BCUT2D eigenvalue weighted by molar-refractivity contribution is -0.196. The van der Waals surface area contributed by atoms with Gasteiger partial charge in [-0.25, -0.2) is 9.59 Å². The number of carboxylic acids is 1. The number of rotatable bonds is 5. The zero-order valence-electron chi connectivity index (χ0n) is 19.6. The molecular weight excluding hydrogens is 412 g/mol. The molecule has 5 atom stereocenters. The zero-order valence-corrected chi connectivity index (χ0v) is 19.6. The number of hydrogen-bond acceptors (Lipinski definition) is 6. The SMILES string of the molecule is C/C=C(/C)C(=O)O[C@H]1CC[C@@H]2Cc3occ(C)c3[C@@H](OC(=O)C=C(C)C)[C@]2(C)[C@H]1C(=O)O. The lowest BCUT2D eigenvalue weighted by Crippen LogP contribution is -2.56. The highest BCUT2D eigenvalue weighted by Crippen LogP contribution is 2.60. The number of esters is 2. The van der Waals surface area contributed by atoms with Gasteiger partial charge in [0.15, 0.2) is 0 Å². The normalized spacial score (nSPS) is 29.4. The lowest BCUT2D eigenvalue weighted by atomic mass is 9.53. The van der Waals surface area contributed by atoms with Crippen molar-refractivity contribution in [1.82, 2.24) is 0 Å². The first-order valence-electron chi connectivity index (χ1n) is 11.0. The molecule has 7 nitrogen and oxygen atoms in total. The summed E-state index contributed by atoms with van der Waals surface area (Å²) in [6.45, 7) is 10.7. The van der Waals surface area contributed by atoms with Gasteiger partial charge >= 0.3 is 17.9 Å². The highest BCUT2D eigenvalue weighted by atomic mass is 16.6. The van der Waals surface area contributed by atoms with Gasteiger partial charge in [0.1, 0.15) is 23.9 Å². The topological polar surface area (TPSA) is 103 Å². The van der Waals surface area contributed by atoms with Crippen LogP contribution < -0.4 is 0 Å². The van der Waals surface area contributed by atoms with Gasteiger partial charge in [0.2, 0.25) is 0 Å². The molecule has 0 amide bonds. The fourth-order valence-corrected chi connectivity index (χ4v) is 5.22. The van der Waals surface area contributed by atoms with E-state index < -0.39 is 41.4 Å². The van der Waals surface area contributed by atoms with Crippen molar-refractivity contribution >= 4 is 17.9 Å². The summed E-state index contributed by atoms with van der Waals surface area (Å²) in [6, 6.07) is 0.